The van der Waals surface area contributed by atoms with E-state index in [9.17, 15) is 13.6 Å². The molecule has 3 aromatic rings. The molecule has 7 heteroatoms. The number of fused-ring (bicyclic) bond motifs is 1. The van der Waals surface area contributed by atoms with E-state index in [-0.39, 0.29) is 28.2 Å². The fraction of sp³-hybridized carbons (Fsp3) is 0.267. The highest BCUT2D eigenvalue weighted by Crippen LogP contribution is 2.34. The van der Waals surface area contributed by atoms with Crippen LogP contribution < -0.4 is 5.56 Å². The first-order chi connectivity index (χ1) is 10.6. The van der Waals surface area contributed by atoms with Crippen molar-refractivity contribution in [2.75, 3.05) is 0 Å². The van der Waals surface area contributed by atoms with E-state index in [1.54, 1.807) is 0 Å². The second-order valence-electron chi connectivity index (χ2n) is 5.47. The number of nitrogens with one attached hydrogen (secondary N) is 1. The van der Waals surface area contributed by atoms with Gasteiger partial charge in [-0.2, -0.15) is 5.10 Å². The van der Waals surface area contributed by atoms with Crippen molar-refractivity contribution < 1.29 is 8.78 Å². The van der Waals surface area contributed by atoms with Crippen LogP contribution >= 0.6 is 0 Å². The molecule has 2 heterocycles. The lowest BCUT2D eigenvalue weighted by Gasteiger charge is -2.23. The van der Waals surface area contributed by atoms with E-state index >= 15 is 0 Å². The molecule has 5 nitrogen and oxygen atoms in total. The molecule has 2 aromatic heterocycles. The van der Waals surface area contributed by atoms with Gasteiger partial charge in [0.2, 0.25) is 0 Å². The van der Waals surface area contributed by atoms with Crippen LogP contribution in [0.4, 0.5) is 8.78 Å². The molecule has 0 amide bonds. The zero-order chi connectivity index (χ0) is 15.3. The standard InChI is InChI=1S/C15H12F2N4O/c16-9-4-5-12(11(17)6-9)21-14-10(7-18-21)15(22)20-13(19-14)8-2-1-3-8/h4-8H,1-3H2,(H,19,20,22). The van der Waals surface area contributed by atoms with Crippen molar-refractivity contribution in [1.29, 1.82) is 0 Å². The van der Waals surface area contributed by atoms with Crippen LogP contribution in [0.15, 0.2) is 29.2 Å². The summed E-state index contributed by atoms with van der Waals surface area (Å²) in [6, 6.07) is 3.21. The Balaban J connectivity index is 1.94. The second-order valence-corrected chi connectivity index (χ2v) is 5.47. The predicted molar refractivity (Wildman–Crippen MR) is 76.0 cm³/mol. The quantitative estimate of drug-likeness (QED) is 0.791. The van der Waals surface area contributed by atoms with Crippen molar-refractivity contribution in [3.63, 3.8) is 0 Å². The monoisotopic (exact) mass is 302 g/mol. The van der Waals surface area contributed by atoms with Crippen LogP contribution in [0.2, 0.25) is 0 Å². The van der Waals surface area contributed by atoms with Crippen LogP contribution in [-0.2, 0) is 0 Å². The van der Waals surface area contributed by atoms with Gasteiger partial charge in [-0.1, -0.05) is 6.42 Å². The van der Waals surface area contributed by atoms with Crippen LogP contribution in [0.1, 0.15) is 31.0 Å². The number of benzene rings is 1. The summed E-state index contributed by atoms with van der Waals surface area (Å²) in [4.78, 5) is 19.3. The van der Waals surface area contributed by atoms with Crippen molar-refractivity contribution in [1.82, 2.24) is 19.7 Å². The minimum absolute atomic E-state index is 0.0639. The van der Waals surface area contributed by atoms with E-state index in [0.717, 1.165) is 31.4 Å². The van der Waals surface area contributed by atoms with Crippen molar-refractivity contribution in [2.45, 2.75) is 25.2 Å². The van der Waals surface area contributed by atoms with E-state index in [1.165, 1.54) is 16.9 Å². The highest BCUT2D eigenvalue weighted by Gasteiger charge is 2.24. The summed E-state index contributed by atoms with van der Waals surface area (Å²) in [5, 5.41) is 4.32. The summed E-state index contributed by atoms with van der Waals surface area (Å²) in [5.41, 5.74) is 0.0610. The number of H-pyrrole nitrogens is 1. The molecule has 1 N–H and O–H groups in total. The molecular formula is C15H12F2N4O. The smallest absolute Gasteiger partial charge is 0.262 e. The zero-order valence-electron chi connectivity index (χ0n) is 11.5. The van der Waals surface area contributed by atoms with Gasteiger partial charge in [-0.3, -0.25) is 4.79 Å². The molecule has 22 heavy (non-hydrogen) atoms. The third-order valence-electron chi connectivity index (χ3n) is 4.09. The fourth-order valence-corrected chi connectivity index (χ4v) is 2.64. The molecule has 1 saturated carbocycles. The summed E-state index contributed by atoms with van der Waals surface area (Å²) in [5.74, 6) is -0.581. The van der Waals surface area contributed by atoms with Crippen molar-refractivity contribution in [3.05, 3.63) is 52.2 Å². The third-order valence-corrected chi connectivity index (χ3v) is 4.09. The van der Waals surface area contributed by atoms with Crippen LogP contribution in [0.3, 0.4) is 0 Å². The SMILES string of the molecule is O=c1[nH]c(C2CCC2)nc2c1cnn2-c1ccc(F)cc1F. The molecule has 0 saturated heterocycles. The van der Waals surface area contributed by atoms with Gasteiger partial charge in [-0.15, -0.1) is 0 Å². The average molecular weight is 302 g/mol. The van der Waals surface area contributed by atoms with Gasteiger partial charge in [-0.05, 0) is 25.0 Å². The van der Waals surface area contributed by atoms with E-state index < -0.39 is 11.6 Å². The van der Waals surface area contributed by atoms with Crippen LogP contribution in [-0.4, -0.2) is 19.7 Å². The van der Waals surface area contributed by atoms with Gasteiger partial charge in [-0.25, -0.2) is 18.4 Å². The molecule has 0 unspecified atom stereocenters. The first-order valence-corrected chi connectivity index (χ1v) is 7.07. The molecule has 0 atom stereocenters. The molecule has 1 fully saturated rings. The van der Waals surface area contributed by atoms with E-state index in [0.29, 0.717) is 5.82 Å². The van der Waals surface area contributed by atoms with Gasteiger partial charge >= 0.3 is 0 Å². The first-order valence-electron chi connectivity index (χ1n) is 7.07. The van der Waals surface area contributed by atoms with Crippen LogP contribution in [0.5, 0.6) is 0 Å². The van der Waals surface area contributed by atoms with Gasteiger partial charge in [0.1, 0.15) is 22.7 Å². The summed E-state index contributed by atoms with van der Waals surface area (Å²) < 4.78 is 28.3. The normalized spacial score (nSPS) is 15.2. The maximum absolute atomic E-state index is 14.0. The number of nitrogens with zero attached hydrogens (tertiary/aromatic N) is 3. The molecule has 0 bridgehead atoms. The Bertz CT molecular complexity index is 927. The number of hydrogen-bond donors (Lipinski definition) is 1. The Kier molecular flexibility index (Phi) is 2.82. The third kappa shape index (κ3) is 1.93. The van der Waals surface area contributed by atoms with Crippen molar-refractivity contribution in [3.8, 4) is 5.69 Å². The summed E-state index contributed by atoms with van der Waals surface area (Å²) in [6.07, 6.45) is 4.41. The largest absolute Gasteiger partial charge is 0.310 e. The van der Waals surface area contributed by atoms with Gasteiger partial charge in [0, 0.05) is 12.0 Å². The summed E-state index contributed by atoms with van der Waals surface area (Å²) >= 11 is 0. The molecule has 1 aromatic carbocycles. The molecule has 1 aliphatic carbocycles. The number of aromatic amines is 1. The predicted octanol–water partition coefficient (Wildman–Crippen LogP) is 2.65. The minimum Gasteiger partial charge on any atom is -0.310 e. The van der Waals surface area contributed by atoms with Gasteiger partial charge < -0.3 is 4.98 Å². The Morgan fingerprint density at radius 2 is 2.09 bits per heavy atom. The Morgan fingerprint density at radius 1 is 1.27 bits per heavy atom. The highest BCUT2D eigenvalue weighted by atomic mass is 19.1. The Hall–Kier alpha value is -2.57. The molecule has 0 spiro atoms. The van der Waals surface area contributed by atoms with E-state index in [4.69, 9.17) is 0 Å². The lowest BCUT2D eigenvalue weighted by molar-refractivity contribution is 0.401. The Morgan fingerprint density at radius 3 is 2.77 bits per heavy atom. The second kappa shape index (κ2) is 4.72. The molecule has 112 valence electrons. The molecule has 0 radical (unpaired) electrons. The fourth-order valence-electron chi connectivity index (χ4n) is 2.64. The van der Waals surface area contributed by atoms with Gasteiger partial charge in [0.25, 0.3) is 5.56 Å². The first kappa shape index (κ1) is 13.1. The molecule has 0 aliphatic heterocycles. The van der Waals surface area contributed by atoms with Gasteiger partial charge in [0.15, 0.2) is 11.5 Å². The lowest BCUT2D eigenvalue weighted by Crippen LogP contribution is -2.19. The van der Waals surface area contributed by atoms with Crippen LogP contribution in [0, 0.1) is 11.6 Å². The Labute approximate surface area is 123 Å². The maximum Gasteiger partial charge on any atom is 0.262 e. The molecular weight excluding hydrogens is 290 g/mol. The minimum atomic E-state index is -0.753. The van der Waals surface area contributed by atoms with Crippen molar-refractivity contribution >= 4 is 11.0 Å². The van der Waals surface area contributed by atoms with Crippen LogP contribution in [0.25, 0.3) is 16.7 Å². The van der Waals surface area contributed by atoms with Gasteiger partial charge in [0.05, 0.1) is 6.20 Å². The zero-order valence-corrected chi connectivity index (χ0v) is 11.5. The van der Waals surface area contributed by atoms with E-state index in [1.807, 2.05) is 0 Å². The number of halogens is 2. The summed E-state index contributed by atoms with van der Waals surface area (Å²) in [7, 11) is 0. The molecule has 1 aliphatic rings. The average Bonchev–Trinajstić information content (AvgIpc) is 2.81. The van der Waals surface area contributed by atoms with E-state index in [2.05, 4.69) is 15.1 Å². The molecule has 4 rings (SSSR count). The topological polar surface area (TPSA) is 63.6 Å². The van der Waals surface area contributed by atoms with Crippen molar-refractivity contribution in [2.24, 2.45) is 0 Å². The number of rotatable bonds is 2. The maximum atomic E-state index is 14.0. The highest BCUT2D eigenvalue weighted by molar-refractivity contribution is 5.75. The number of aromatic nitrogens is 4. The lowest BCUT2D eigenvalue weighted by atomic mass is 9.85. The number of hydrogen-bond acceptors (Lipinski definition) is 3. The summed E-state index contributed by atoms with van der Waals surface area (Å²) in [6.45, 7) is 0.